The van der Waals surface area contributed by atoms with Crippen LogP contribution in [-0.2, 0) is 4.79 Å². The minimum atomic E-state index is -0.179. The van der Waals surface area contributed by atoms with E-state index in [0.717, 1.165) is 30.8 Å². The summed E-state index contributed by atoms with van der Waals surface area (Å²) in [5.41, 5.74) is 2.09. The largest absolute Gasteiger partial charge is 0.494 e. The fourth-order valence-corrected chi connectivity index (χ4v) is 4.05. The predicted molar refractivity (Wildman–Crippen MR) is 125 cm³/mol. The van der Waals surface area contributed by atoms with Gasteiger partial charge in [-0.3, -0.25) is 9.59 Å². The monoisotopic (exact) mass is 423 g/mol. The summed E-state index contributed by atoms with van der Waals surface area (Å²) in [5, 5.41) is 6.08. The smallest absolute Gasteiger partial charge is 0.255 e. The van der Waals surface area contributed by atoms with E-state index in [4.69, 9.17) is 4.74 Å². The fourth-order valence-electron chi connectivity index (χ4n) is 4.05. The van der Waals surface area contributed by atoms with Gasteiger partial charge in [0.2, 0.25) is 5.91 Å². The van der Waals surface area contributed by atoms with Crippen molar-refractivity contribution in [1.82, 2.24) is 4.90 Å². The Morgan fingerprint density at radius 1 is 0.935 bits per heavy atom. The molecule has 2 amide bonds. The molecule has 0 atom stereocenters. The summed E-state index contributed by atoms with van der Waals surface area (Å²) in [6, 6.07) is 14.8. The van der Waals surface area contributed by atoms with Gasteiger partial charge in [0.25, 0.3) is 5.91 Å². The van der Waals surface area contributed by atoms with E-state index < -0.39 is 0 Å². The SMILES string of the molecule is CCOc1ccc(NC(=O)c2ccc(NCC(=O)N(CC)C3CCCCC3)cc2)cc1. The maximum atomic E-state index is 12.7. The van der Waals surface area contributed by atoms with E-state index in [2.05, 4.69) is 10.6 Å². The van der Waals surface area contributed by atoms with Crippen LogP contribution in [0.2, 0.25) is 0 Å². The molecule has 6 heteroatoms. The summed E-state index contributed by atoms with van der Waals surface area (Å²) in [5.74, 6) is 0.726. The Hall–Kier alpha value is -3.02. The Labute approximate surface area is 185 Å². The molecule has 0 unspecified atom stereocenters. The predicted octanol–water partition coefficient (Wildman–Crippen LogP) is 4.93. The molecule has 6 nitrogen and oxygen atoms in total. The number of carbonyl (C=O) groups is 2. The lowest BCUT2D eigenvalue weighted by molar-refractivity contribution is -0.132. The van der Waals surface area contributed by atoms with Gasteiger partial charge in [-0.25, -0.2) is 0 Å². The topological polar surface area (TPSA) is 70.7 Å². The quantitative estimate of drug-likeness (QED) is 0.600. The van der Waals surface area contributed by atoms with Crippen molar-refractivity contribution in [1.29, 1.82) is 0 Å². The van der Waals surface area contributed by atoms with Crippen LogP contribution >= 0.6 is 0 Å². The zero-order valence-electron chi connectivity index (χ0n) is 18.5. The molecular formula is C25H33N3O3. The summed E-state index contributed by atoms with van der Waals surface area (Å²) in [6.07, 6.45) is 5.92. The molecule has 3 rings (SSSR count). The van der Waals surface area contributed by atoms with E-state index >= 15 is 0 Å². The van der Waals surface area contributed by atoms with Gasteiger partial charge >= 0.3 is 0 Å². The molecule has 0 heterocycles. The Bertz CT molecular complexity index is 843. The van der Waals surface area contributed by atoms with E-state index in [1.165, 1.54) is 19.3 Å². The number of hydrogen-bond donors (Lipinski definition) is 2. The number of nitrogens with zero attached hydrogens (tertiary/aromatic N) is 1. The Morgan fingerprint density at radius 2 is 1.58 bits per heavy atom. The van der Waals surface area contributed by atoms with E-state index in [-0.39, 0.29) is 18.4 Å². The zero-order valence-corrected chi connectivity index (χ0v) is 18.5. The molecule has 1 fully saturated rings. The molecule has 0 radical (unpaired) electrons. The average Bonchev–Trinajstić information content (AvgIpc) is 2.81. The van der Waals surface area contributed by atoms with Gasteiger partial charge in [0, 0.05) is 29.5 Å². The molecule has 1 aliphatic rings. The van der Waals surface area contributed by atoms with Crippen molar-refractivity contribution in [2.24, 2.45) is 0 Å². The minimum absolute atomic E-state index is 0.131. The molecule has 2 N–H and O–H groups in total. The number of anilines is 2. The lowest BCUT2D eigenvalue weighted by atomic mass is 9.94. The van der Waals surface area contributed by atoms with Crippen molar-refractivity contribution in [2.45, 2.75) is 52.0 Å². The minimum Gasteiger partial charge on any atom is -0.494 e. The number of carbonyl (C=O) groups excluding carboxylic acids is 2. The normalized spacial score (nSPS) is 14.0. The highest BCUT2D eigenvalue weighted by molar-refractivity contribution is 6.04. The third-order valence-corrected chi connectivity index (χ3v) is 5.69. The molecule has 1 aliphatic carbocycles. The summed E-state index contributed by atoms with van der Waals surface area (Å²) < 4.78 is 5.41. The van der Waals surface area contributed by atoms with Crippen LogP contribution in [0.4, 0.5) is 11.4 Å². The number of likely N-dealkylation sites (N-methyl/N-ethyl adjacent to an activating group) is 1. The summed E-state index contributed by atoms with van der Waals surface area (Å²) >= 11 is 0. The highest BCUT2D eigenvalue weighted by atomic mass is 16.5. The first kappa shape index (κ1) is 22.7. The number of hydrogen-bond acceptors (Lipinski definition) is 4. The van der Waals surface area contributed by atoms with E-state index in [0.29, 0.717) is 23.9 Å². The van der Waals surface area contributed by atoms with Crippen LogP contribution in [-0.4, -0.2) is 42.5 Å². The molecule has 2 aromatic rings. The van der Waals surface area contributed by atoms with Gasteiger partial charge in [-0.05, 0) is 75.2 Å². The van der Waals surface area contributed by atoms with Crippen molar-refractivity contribution in [2.75, 3.05) is 30.3 Å². The van der Waals surface area contributed by atoms with Crippen molar-refractivity contribution in [3.8, 4) is 5.75 Å². The Morgan fingerprint density at radius 3 is 2.19 bits per heavy atom. The average molecular weight is 424 g/mol. The second kappa shape index (κ2) is 11.4. The van der Waals surface area contributed by atoms with Crippen LogP contribution < -0.4 is 15.4 Å². The Kier molecular flexibility index (Phi) is 8.33. The third-order valence-electron chi connectivity index (χ3n) is 5.69. The molecule has 0 saturated heterocycles. The highest BCUT2D eigenvalue weighted by Crippen LogP contribution is 2.23. The molecule has 0 aromatic heterocycles. The summed E-state index contributed by atoms with van der Waals surface area (Å²) in [7, 11) is 0. The number of benzene rings is 2. The van der Waals surface area contributed by atoms with Crippen LogP contribution in [0.25, 0.3) is 0 Å². The highest BCUT2D eigenvalue weighted by Gasteiger charge is 2.23. The van der Waals surface area contributed by atoms with Gasteiger partial charge in [-0.1, -0.05) is 19.3 Å². The molecule has 2 aromatic carbocycles. The van der Waals surface area contributed by atoms with Crippen molar-refractivity contribution in [3.63, 3.8) is 0 Å². The van der Waals surface area contributed by atoms with Gasteiger partial charge in [0.15, 0.2) is 0 Å². The second-order valence-corrected chi connectivity index (χ2v) is 7.81. The van der Waals surface area contributed by atoms with Gasteiger partial charge in [0.1, 0.15) is 5.75 Å². The fraction of sp³-hybridized carbons (Fsp3) is 0.440. The van der Waals surface area contributed by atoms with Gasteiger partial charge in [0.05, 0.1) is 13.2 Å². The van der Waals surface area contributed by atoms with Crippen LogP contribution in [0.5, 0.6) is 5.75 Å². The third kappa shape index (κ3) is 6.48. The maximum Gasteiger partial charge on any atom is 0.255 e. The van der Waals surface area contributed by atoms with Crippen LogP contribution in [0.1, 0.15) is 56.3 Å². The first-order chi connectivity index (χ1) is 15.1. The lowest BCUT2D eigenvalue weighted by Crippen LogP contribution is -2.43. The molecule has 31 heavy (non-hydrogen) atoms. The number of rotatable bonds is 9. The van der Waals surface area contributed by atoms with Gasteiger partial charge < -0.3 is 20.3 Å². The molecular weight excluding hydrogens is 390 g/mol. The van der Waals surface area contributed by atoms with Gasteiger partial charge in [-0.2, -0.15) is 0 Å². The molecule has 1 saturated carbocycles. The van der Waals surface area contributed by atoms with Crippen LogP contribution in [0.15, 0.2) is 48.5 Å². The lowest BCUT2D eigenvalue weighted by Gasteiger charge is -2.33. The van der Waals surface area contributed by atoms with Crippen molar-refractivity contribution < 1.29 is 14.3 Å². The molecule has 0 spiro atoms. The first-order valence-corrected chi connectivity index (χ1v) is 11.3. The zero-order chi connectivity index (χ0) is 22.1. The number of amides is 2. The van der Waals surface area contributed by atoms with Crippen LogP contribution in [0, 0.1) is 0 Å². The van der Waals surface area contributed by atoms with Crippen molar-refractivity contribution in [3.05, 3.63) is 54.1 Å². The second-order valence-electron chi connectivity index (χ2n) is 7.81. The number of ether oxygens (including phenoxy) is 1. The first-order valence-electron chi connectivity index (χ1n) is 11.3. The van der Waals surface area contributed by atoms with E-state index in [1.54, 1.807) is 12.1 Å². The molecule has 0 bridgehead atoms. The van der Waals surface area contributed by atoms with Crippen molar-refractivity contribution >= 4 is 23.2 Å². The Balaban J connectivity index is 1.50. The van der Waals surface area contributed by atoms with Gasteiger partial charge in [-0.15, -0.1) is 0 Å². The molecule has 166 valence electrons. The summed E-state index contributed by atoms with van der Waals surface area (Å²) in [4.78, 5) is 27.2. The van der Waals surface area contributed by atoms with Crippen LogP contribution in [0.3, 0.4) is 0 Å². The standard InChI is InChI=1S/C25H33N3O3/c1-3-28(22-8-6-5-7-9-22)24(29)18-26-20-12-10-19(11-13-20)25(30)27-21-14-16-23(17-15-21)31-4-2/h10-17,22,26H,3-9,18H2,1-2H3,(H,27,30). The summed E-state index contributed by atoms with van der Waals surface area (Å²) in [6.45, 7) is 5.59. The molecule has 0 aliphatic heterocycles. The van der Waals surface area contributed by atoms with E-state index in [9.17, 15) is 9.59 Å². The maximum absolute atomic E-state index is 12.7. The van der Waals surface area contributed by atoms with E-state index in [1.807, 2.05) is 55.1 Å². The number of nitrogens with one attached hydrogen (secondary N) is 2.